The Bertz CT molecular complexity index is 450. The number of pyridine rings is 1. The number of rotatable bonds is 4. The molecule has 2 unspecified atom stereocenters. The van der Waals surface area contributed by atoms with Crippen LogP contribution in [0.15, 0.2) is 12.3 Å². The van der Waals surface area contributed by atoms with Gasteiger partial charge in [0.25, 0.3) is 0 Å². The maximum Gasteiger partial charge on any atom is 0.308 e. The number of anilines is 1. The second-order valence-electron chi connectivity index (χ2n) is 4.25. The highest BCUT2D eigenvalue weighted by Crippen LogP contribution is 2.25. The summed E-state index contributed by atoms with van der Waals surface area (Å²) in [4.78, 5) is 15.2. The Balaban J connectivity index is 2.08. The lowest BCUT2D eigenvalue weighted by Gasteiger charge is -2.17. The molecule has 2 rings (SSSR count). The summed E-state index contributed by atoms with van der Waals surface area (Å²) in [5, 5.41) is 22.8. The molecule has 1 aliphatic rings. The number of ether oxygens (including phenoxy) is 1. The molecule has 2 atom stereocenters. The third-order valence-electron chi connectivity index (χ3n) is 2.98. The second-order valence-corrected chi connectivity index (χ2v) is 4.25. The predicted octanol–water partition coefficient (Wildman–Crippen LogP) is 0.00700. The lowest BCUT2D eigenvalue weighted by Crippen LogP contribution is -2.22. The first kappa shape index (κ1) is 12.8. The average Bonchev–Trinajstić information content (AvgIpc) is 2.84. The van der Waals surface area contributed by atoms with Gasteiger partial charge in [-0.3, -0.25) is 4.79 Å². The number of fused-ring (bicyclic) bond motifs is 1. The normalized spacial score (nSPS) is 16.6. The van der Waals surface area contributed by atoms with Gasteiger partial charge in [-0.2, -0.15) is 0 Å². The molecule has 2 heterocycles. The van der Waals surface area contributed by atoms with Crippen molar-refractivity contribution in [2.45, 2.75) is 25.0 Å². The molecule has 1 aromatic heterocycles. The first-order chi connectivity index (χ1) is 8.61. The van der Waals surface area contributed by atoms with Gasteiger partial charge >= 0.3 is 5.97 Å². The average molecular weight is 252 g/mol. The van der Waals surface area contributed by atoms with E-state index in [2.05, 4.69) is 15.0 Å². The highest BCUT2D eigenvalue weighted by atomic mass is 16.5. The zero-order valence-corrected chi connectivity index (χ0v) is 10.1. The number of aliphatic hydroxyl groups excluding tert-OH is 2. The molecule has 3 N–H and O–H groups in total. The molecule has 0 spiro atoms. The first-order valence-corrected chi connectivity index (χ1v) is 5.77. The van der Waals surface area contributed by atoms with E-state index >= 15 is 0 Å². The van der Waals surface area contributed by atoms with E-state index in [1.54, 1.807) is 6.07 Å². The van der Waals surface area contributed by atoms with E-state index in [9.17, 15) is 15.0 Å². The van der Waals surface area contributed by atoms with Gasteiger partial charge in [-0.15, -0.1) is 0 Å². The molecule has 0 bridgehead atoms. The summed E-state index contributed by atoms with van der Waals surface area (Å²) in [7, 11) is 1.24. The number of carbonyl (C=O) groups excluding carboxylic acids is 1. The van der Waals surface area contributed by atoms with Crippen molar-refractivity contribution in [3.05, 3.63) is 23.4 Å². The Morgan fingerprint density at radius 1 is 1.61 bits per heavy atom. The molecule has 0 aliphatic carbocycles. The van der Waals surface area contributed by atoms with E-state index in [1.807, 2.05) is 0 Å². The van der Waals surface area contributed by atoms with Crippen molar-refractivity contribution >= 4 is 11.8 Å². The van der Waals surface area contributed by atoms with E-state index < -0.39 is 18.2 Å². The van der Waals surface area contributed by atoms with Gasteiger partial charge in [-0.1, -0.05) is 0 Å². The van der Waals surface area contributed by atoms with Gasteiger partial charge in [0, 0.05) is 18.3 Å². The van der Waals surface area contributed by atoms with Gasteiger partial charge < -0.3 is 20.3 Å². The maximum atomic E-state index is 11.0. The summed E-state index contributed by atoms with van der Waals surface area (Å²) in [6.45, 7) is 0.826. The van der Waals surface area contributed by atoms with Crippen molar-refractivity contribution < 1.29 is 19.7 Å². The van der Waals surface area contributed by atoms with Crippen LogP contribution in [-0.2, 0) is 16.0 Å². The molecule has 1 aromatic rings. The molecular weight excluding hydrogens is 236 g/mol. The van der Waals surface area contributed by atoms with Crippen LogP contribution in [0.3, 0.4) is 0 Å². The van der Waals surface area contributed by atoms with Crippen LogP contribution < -0.4 is 5.32 Å². The third kappa shape index (κ3) is 2.60. The molecular formula is C12H16N2O4. The van der Waals surface area contributed by atoms with Gasteiger partial charge in [-0.25, -0.2) is 4.98 Å². The number of hydrogen-bond donors (Lipinski definition) is 3. The summed E-state index contributed by atoms with van der Waals surface area (Å²) in [5.41, 5.74) is 1.52. The Kier molecular flexibility index (Phi) is 3.78. The number of esters is 1. The fourth-order valence-corrected chi connectivity index (χ4v) is 1.94. The Morgan fingerprint density at radius 3 is 3.11 bits per heavy atom. The van der Waals surface area contributed by atoms with E-state index in [1.165, 1.54) is 13.3 Å². The molecule has 6 heteroatoms. The van der Waals surface area contributed by atoms with Crippen molar-refractivity contribution in [3.8, 4) is 0 Å². The zero-order chi connectivity index (χ0) is 13.1. The molecule has 0 amide bonds. The molecule has 1 aliphatic heterocycles. The Labute approximate surface area is 105 Å². The van der Waals surface area contributed by atoms with Gasteiger partial charge in [0.05, 0.1) is 19.6 Å². The summed E-state index contributed by atoms with van der Waals surface area (Å²) in [6.07, 6.45) is -0.222. The molecule has 18 heavy (non-hydrogen) atoms. The minimum atomic E-state index is -1.19. The number of nitrogens with zero attached hydrogens (tertiary/aromatic N) is 1. The molecule has 0 saturated carbocycles. The topological polar surface area (TPSA) is 91.7 Å². The monoisotopic (exact) mass is 252 g/mol. The van der Waals surface area contributed by atoms with Crippen molar-refractivity contribution in [1.82, 2.24) is 4.98 Å². The summed E-state index contributed by atoms with van der Waals surface area (Å²) in [5.74, 6) is 0.255. The Hall–Kier alpha value is -1.66. The third-order valence-corrected chi connectivity index (χ3v) is 2.98. The summed E-state index contributed by atoms with van der Waals surface area (Å²) < 4.78 is 4.45. The first-order valence-electron chi connectivity index (χ1n) is 5.77. The van der Waals surface area contributed by atoms with Crippen molar-refractivity contribution in [3.63, 3.8) is 0 Å². The second kappa shape index (κ2) is 5.32. The van der Waals surface area contributed by atoms with E-state index in [-0.39, 0.29) is 6.42 Å². The van der Waals surface area contributed by atoms with E-state index in [4.69, 9.17) is 0 Å². The molecule has 98 valence electrons. The minimum absolute atomic E-state index is 0.243. The molecule has 0 saturated heterocycles. The summed E-state index contributed by atoms with van der Waals surface area (Å²) >= 11 is 0. The zero-order valence-electron chi connectivity index (χ0n) is 10.1. The van der Waals surface area contributed by atoms with Crippen molar-refractivity contribution in [2.75, 3.05) is 19.0 Å². The number of methoxy groups -OCH3 is 1. The van der Waals surface area contributed by atoms with Crippen LogP contribution in [0, 0.1) is 0 Å². The van der Waals surface area contributed by atoms with Crippen LogP contribution in [0.1, 0.15) is 23.7 Å². The molecule has 0 aromatic carbocycles. The molecule has 6 nitrogen and oxygen atoms in total. The smallest absolute Gasteiger partial charge is 0.308 e. The highest BCUT2D eigenvalue weighted by Gasteiger charge is 2.23. The van der Waals surface area contributed by atoms with Gasteiger partial charge in [-0.05, 0) is 18.1 Å². The largest absolute Gasteiger partial charge is 0.469 e. The number of nitrogens with one attached hydrogen (secondary N) is 1. The van der Waals surface area contributed by atoms with Crippen LogP contribution in [0.4, 0.5) is 5.82 Å². The maximum absolute atomic E-state index is 11.0. The number of aliphatic hydroxyl groups is 2. The Morgan fingerprint density at radius 2 is 2.39 bits per heavy atom. The van der Waals surface area contributed by atoms with Crippen LogP contribution in [0.2, 0.25) is 0 Å². The summed E-state index contributed by atoms with van der Waals surface area (Å²) in [6, 6.07) is 1.80. The molecule has 0 radical (unpaired) electrons. The molecule has 0 fully saturated rings. The SMILES string of the molecule is COC(=O)CC(O)C(O)c1cnc2c(c1)CCN2. The van der Waals surface area contributed by atoms with Crippen LogP contribution in [0.25, 0.3) is 0 Å². The van der Waals surface area contributed by atoms with Gasteiger partial charge in [0.2, 0.25) is 0 Å². The standard InChI is InChI=1S/C12H16N2O4/c1-18-10(16)5-9(15)11(17)8-4-7-2-3-13-12(7)14-6-8/h4,6,9,11,15,17H,2-3,5H2,1H3,(H,13,14). The number of carbonyl (C=O) groups is 1. The van der Waals surface area contributed by atoms with E-state index in [0.29, 0.717) is 5.56 Å². The number of hydrogen-bond acceptors (Lipinski definition) is 6. The van der Waals surface area contributed by atoms with Gasteiger partial charge in [0.1, 0.15) is 11.9 Å². The highest BCUT2D eigenvalue weighted by molar-refractivity contribution is 5.69. The van der Waals surface area contributed by atoms with Gasteiger partial charge in [0.15, 0.2) is 0 Å². The lowest BCUT2D eigenvalue weighted by molar-refractivity contribution is -0.144. The van der Waals surface area contributed by atoms with Crippen molar-refractivity contribution in [1.29, 1.82) is 0 Å². The van der Waals surface area contributed by atoms with E-state index in [0.717, 1.165) is 24.3 Å². The quantitative estimate of drug-likeness (QED) is 0.654. The number of aromatic nitrogens is 1. The fraction of sp³-hybridized carbons (Fsp3) is 0.500. The minimum Gasteiger partial charge on any atom is -0.469 e. The lowest BCUT2D eigenvalue weighted by atomic mass is 10.0. The van der Waals surface area contributed by atoms with Crippen LogP contribution in [0.5, 0.6) is 0 Å². The van der Waals surface area contributed by atoms with Crippen LogP contribution >= 0.6 is 0 Å². The van der Waals surface area contributed by atoms with Crippen LogP contribution in [-0.4, -0.2) is 40.9 Å². The predicted molar refractivity (Wildman–Crippen MR) is 64.0 cm³/mol. The van der Waals surface area contributed by atoms with Crippen molar-refractivity contribution in [2.24, 2.45) is 0 Å². The fourth-order valence-electron chi connectivity index (χ4n) is 1.94.